The van der Waals surface area contributed by atoms with Crippen molar-refractivity contribution in [3.8, 4) is 5.75 Å². The number of sulfonamides is 1. The molecule has 4 N–H and O–H groups in total. The molecule has 1 unspecified atom stereocenters. The number of methoxy groups -OCH3 is 1. The molecular weight excluding hydrogens is 290 g/mol. The van der Waals surface area contributed by atoms with Gasteiger partial charge in [-0.25, -0.2) is 13.1 Å². The van der Waals surface area contributed by atoms with E-state index in [2.05, 4.69) is 9.71 Å². The third-order valence-electron chi connectivity index (χ3n) is 3.19. The van der Waals surface area contributed by atoms with Gasteiger partial charge in [0.05, 0.1) is 12.0 Å². The number of hydrogen-bond donors (Lipinski definition) is 3. The fraction of sp³-hybridized carbons (Fsp3) is 0.286. The average Bonchev–Trinajstić information content (AvgIpc) is 2.96. The Bertz CT molecular complexity index is 693. The fourth-order valence-electron chi connectivity index (χ4n) is 1.95. The first-order valence-corrected chi connectivity index (χ1v) is 7.98. The maximum absolute atomic E-state index is 12.3. The van der Waals surface area contributed by atoms with E-state index in [0.29, 0.717) is 5.69 Å². The SMILES string of the molecule is COc1ccc(C(C)NS(=O)(=O)c2c[nH]c(CN)c2)cc1. The molecule has 7 heteroatoms. The summed E-state index contributed by atoms with van der Waals surface area (Å²) in [4.78, 5) is 3.01. The molecule has 0 bridgehead atoms. The molecule has 1 heterocycles. The molecule has 1 aromatic carbocycles. The van der Waals surface area contributed by atoms with Crippen molar-refractivity contribution in [1.29, 1.82) is 0 Å². The van der Waals surface area contributed by atoms with Gasteiger partial charge in [-0.1, -0.05) is 12.1 Å². The van der Waals surface area contributed by atoms with Crippen molar-refractivity contribution >= 4 is 10.0 Å². The molecule has 21 heavy (non-hydrogen) atoms. The number of ether oxygens (including phenoxy) is 1. The molecule has 0 spiro atoms. The Morgan fingerprint density at radius 1 is 1.33 bits per heavy atom. The Labute approximate surface area is 124 Å². The summed E-state index contributed by atoms with van der Waals surface area (Å²) < 4.78 is 32.3. The summed E-state index contributed by atoms with van der Waals surface area (Å²) in [5, 5.41) is 0. The highest BCUT2D eigenvalue weighted by Crippen LogP contribution is 2.20. The van der Waals surface area contributed by atoms with E-state index in [1.165, 1.54) is 12.3 Å². The minimum absolute atomic E-state index is 0.184. The first kappa shape index (κ1) is 15.6. The van der Waals surface area contributed by atoms with Crippen molar-refractivity contribution in [3.63, 3.8) is 0 Å². The summed E-state index contributed by atoms with van der Waals surface area (Å²) in [5.74, 6) is 0.729. The van der Waals surface area contributed by atoms with E-state index in [0.717, 1.165) is 11.3 Å². The summed E-state index contributed by atoms with van der Waals surface area (Å²) in [6, 6.07) is 8.43. The first-order valence-electron chi connectivity index (χ1n) is 6.50. The van der Waals surface area contributed by atoms with Crippen LogP contribution in [0.4, 0.5) is 0 Å². The zero-order valence-corrected chi connectivity index (χ0v) is 12.8. The molecule has 114 valence electrons. The van der Waals surface area contributed by atoms with Crippen LogP contribution in [-0.4, -0.2) is 20.5 Å². The Hall–Kier alpha value is -1.83. The molecule has 0 amide bonds. The number of nitrogens with two attached hydrogens (primary N) is 1. The summed E-state index contributed by atoms with van der Waals surface area (Å²) >= 11 is 0. The minimum Gasteiger partial charge on any atom is -0.497 e. The molecule has 0 saturated carbocycles. The molecule has 2 rings (SSSR count). The number of benzene rings is 1. The largest absolute Gasteiger partial charge is 0.497 e. The van der Waals surface area contributed by atoms with Crippen LogP contribution in [0.3, 0.4) is 0 Å². The van der Waals surface area contributed by atoms with E-state index in [-0.39, 0.29) is 17.5 Å². The quantitative estimate of drug-likeness (QED) is 0.753. The van der Waals surface area contributed by atoms with Crippen molar-refractivity contribution < 1.29 is 13.2 Å². The molecular formula is C14H19N3O3S. The molecule has 0 radical (unpaired) electrons. The molecule has 0 fully saturated rings. The lowest BCUT2D eigenvalue weighted by molar-refractivity contribution is 0.414. The Morgan fingerprint density at radius 2 is 2.00 bits per heavy atom. The van der Waals surface area contributed by atoms with Gasteiger partial charge in [-0.15, -0.1) is 0 Å². The van der Waals surface area contributed by atoms with Crippen LogP contribution < -0.4 is 15.2 Å². The number of aromatic amines is 1. The van der Waals surface area contributed by atoms with E-state index >= 15 is 0 Å². The van der Waals surface area contributed by atoms with Gasteiger partial charge >= 0.3 is 0 Å². The number of rotatable bonds is 6. The van der Waals surface area contributed by atoms with E-state index in [1.807, 2.05) is 12.1 Å². The van der Waals surface area contributed by atoms with Crippen molar-refractivity contribution in [3.05, 3.63) is 47.8 Å². The van der Waals surface area contributed by atoms with Gasteiger partial charge in [-0.3, -0.25) is 0 Å². The van der Waals surface area contributed by atoms with Crippen molar-refractivity contribution in [2.45, 2.75) is 24.4 Å². The van der Waals surface area contributed by atoms with Crippen molar-refractivity contribution in [2.75, 3.05) is 7.11 Å². The molecule has 1 aromatic heterocycles. The summed E-state index contributed by atoms with van der Waals surface area (Å²) in [6.07, 6.45) is 1.44. The van der Waals surface area contributed by atoms with E-state index in [4.69, 9.17) is 10.5 Å². The van der Waals surface area contributed by atoms with Crippen LogP contribution in [0, 0.1) is 0 Å². The highest BCUT2D eigenvalue weighted by molar-refractivity contribution is 7.89. The molecule has 0 aliphatic carbocycles. The Balaban J connectivity index is 2.14. The number of hydrogen-bond acceptors (Lipinski definition) is 4. The van der Waals surface area contributed by atoms with Crippen LogP contribution in [0.2, 0.25) is 0 Å². The van der Waals surface area contributed by atoms with E-state index in [1.54, 1.807) is 26.2 Å². The van der Waals surface area contributed by atoms with E-state index in [9.17, 15) is 8.42 Å². The van der Waals surface area contributed by atoms with Gasteiger partial charge in [0.25, 0.3) is 0 Å². The number of nitrogens with one attached hydrogen (secondary N) is 2. The average molecular weight is 309 g/mol. The number of H-pyrrole nitrogens is 1. The fourth-order valence-corrected chi connectivity index (χ4v) is 3.20. The Kier molecular flexibility index (Phi) is 4.66. The second-order valence-corrected chi connectivity index (χ2v) is 6.39. The van der Waals surface area contributed by atoms with Gasteiger partial charge in [-0.2, -0.15) is 0 Å². The normalized spacial score (nSPS) is 13.1. The van der Waals surface area contributed by atoms with Crippen LogP contribution in [0.5, 0.6) is 5.75 Å². The van der Waals surface area contributed by atoms with Crippen LogP contribution in [0.25, 0.3) is 0 Å². The second kappa shape index (κ2) is 6.30. The monoisotopic (exact) mass is 309 g/mol. The van der Waals surface area contributed by atoms with Gasteiger partial charge in [0.15, 0.2) is 0 Å². The van der Waals surface area contributed by atoms with E-state index < -0.39 is 10.0 Å². The predicted octanol–water partition coefficient (Wildman–Crippen LogP) is 1.52. The molecule has 6 nitrogen and oxygen atoms in total. The topological polar surface area (TPSA) is 97.2 Å². The van der Waals surface area contributed by atoms with Crippen molar-refractivity contribution in [1.82, 2.24) is 9.71 Å². The smallest absolute Gasteiger partial charge is 0.242 e. The van der Waals surface area contributed by atoms with Gasteiger partial charge < -0.3 is 15.5 Å². The highest BCUT2D eigenvalue weighted by Gasteiger charge is 2.19. The molecule has 1 atom stereocenters. The minimum atomic E-state index is -3.58. The molecule has 0 saturated heterocycles. The summed E-state index contributed by atoms with van der Waals surface area (Å²) in [5.41, 5.74) is 7.00. The van der Waals surface area contributed by atoms with Gasteiger partial charge in [-0.05, 0) is 30.7 Å². The maximum atomic E-state index is 12.3. The third-order valence-corrected chi connectivity index (χ3v) is 4.71. The summed E-state index contributed by atoms with van der Waals surface area (Å²) in [7, 11) is -2.00. The summed E-state index contributed by atoms with van der Waals surface area (Å²) in [6.45, 7) is 2.05. The lowest BCUT2D eigenvalue weighted by Gasteiger charge is -2.14. The van der Waals surface area contributed by atoms with Gasteiger partial charge in [0.2, 0.25) is 10.0 Å². The van der Waals surface area contributed by atoms with Gasteiger partial charge in [0.1, 0.15) is 5.75 Å². The molecule has 2 aromatic rings. The van der Waals surface area contributed by atoms with Crippen LogP contribution in [0.1, 0.15) is 24.2 Å². The maximum Gasteiger partial charge on any atom is 0.242 e. The van der Waals surface area contributed by atoms with Crippen LogP contribution in [0.15, 0.2) is 41.4 Å². The standard InChI is InChI=1S/C14H19N3O3S/c1-10(11-3-5-13(20-2)6-4-11)17-21(18,19)14-7-12(8-15)16-9-14/h3-7,9-10,16-17H,8,15H2,1-2H3. The van der Waals surface area contributed by atoms with Crippen molar-refractivity contribution in [2.24, 2.45) is 5.73 Å². The Morgan fingerprint density at radius 3 is 2.52 bits per heavy atom. The highest BCUT2D eigenvalue weighted by atomic mass is 32.2. The van der Waals surface area contributed by atoms with Crippen LogP contribution >= 0.6 is 0 Å². The lowest BCUT2D eigenvalue weighted by Crippen LogP contribution is -2.26. The lowest BCUT2D eigenvalue weighted by atomic mass is 10.1. The first-order chi connectivity index (χ1) is 9.96. The zero-order chi connectivity index (χ0) is 15.5. The molecule has 0 aliphatic heterocycles. The van der Waals surface area contributed by atoms with Crippen LogP contribution in [-0.2, 0) is 16.6 Å². The number of aromatic nitrogens is 1. The van der Waals surface area contributed by atoms with Gasteiger partial charge in [0, 0.05) is 24.5 Å². The third kappa shape index (κ3) is 3.63. The second-order valence-electron chi connectivity index (χ2n) is 4.68. The molecule has 0 aliphatic rings. The predicted molar refractivity (Wildman–Crippen MR) is 80.4 cm³/mol. The zero-order valence-electron chi connectivity index (χ0n) is 12.0.